The van der Waals surface area contributed by atoms with E-state index in [2.05, 4.69) is 31.3 Å². The van der Waals surface area contributed by atoms with Gasteiger partial charge in [0.2, 0.25) is 5.96 Å². The number of nitrogens with one attached hydrogen (secondary N) is 2. The monoisotopic (exact) mass is 243 g/mol. The van der Waals surface area contributed by atoms with Crippen LogP contribution in [0.2, 0.25) is 0 Å². The lowest BCUT2D eigenvalue weighted by atomic mass is 10.0. The second kappa shape index (κ2) is 4.64. The molecule has 2 rings (SSSR count). The van der Waals surface area contributed by atoms with Gasteiger partial charge in [0, 0.05) is 7.05 Å². The van der Waals surface area contributed by atoms with Gasteiger partial charge in [-0.1, -0.05) is 38.1 Å². The third-order valence-electron chi connectivity index (χ3n) is 3.07. The van der Waals surface area contributed by atoms with Crippen LogP contribution in [0.3, 0.4) is 0 Å². The summed E-state index contributed by atoms with van der Waals surface area (Å²) in [5, 5.41) is 9.99. The van der Waals surface area contributed by atoms with Crippen LogP contribution in [0.15, 0.2) is 30.0 Å². The highest BCUT2D eigenvalue weighted by molar-refractivity contribution is 6.14. The summed E-state index contributed by atoms with van der Waals surface area (Å²) in [7, 11) is 1.70. The fourth-order valence-corrected chi connectivity index (χ4v) is 1.83. The second-order valence-electron chi connectivity index (χ2n) is 4.71. The van der Waals surface area contributed by atoms with E-state index in [-0.39, 0.29) is 11.9 Å². The largest absolute Gasteiger partial charge is 0.311 e. The Morgan fingerprint density at radius 2 is 1.89 bits per heavy atom. The van der Waals surface area contributed by atoms with Crippen molar-refractivity contribution in [1.82, 2.24) is 10.2 Å². The SMILES string of the molecule is CC(C)c1ccc(/C=C2/C(=O)NC(=N)N2C)cc1. The van der Waals surface area contributed by atoms with Crippen molar-refractivity contribution in [2.24, 2.45) is 0 Å². The first kappa shape index (κ1) is 12.4. The Kier molecular flexibility index (Phi) is 3.19. The molecule has 1 aromatic rings. The molecule has 2 N–H and O–H groups in total. The molecule has 1 aliphatic rings. The Labute approximate surface area is 107 Å². The van der Waals surface area contributed by atoms with Crippen molar-refractivity contribution in [3.05, 3.63) is 41.1 Å². The number of rotatable bonds is 2. The Morgan fingerprint density at radius 1 is 1.28 bits per heavy atom. The summed E-state index contributed by atoms with van der Waals surface area (Å²) < 4.78 is 0. The van der Waals surface area contributed by atoms with Gasteiger partial charge in [0.15, 0.2) is 0 Å². The third-order valence-corrected chi connectivity index (χ3v) is 3.07. The zero-order valence-electron chi connectivity index (χ0n) is 10.8. The number of hydrogen-bond donors (Lipinski definition) is 2. The minimum Gasteiger partial charge on any atom is -0.311 e. The predicted octanol–water partition coefficient (Wildman–Crippen LogP) is 2.15. The molecule has 0 bridgehead atoms. The molecule has 0 unspecified atom stereocenters. The van der Waals surface area contributed by atoms with Crippen molar-refractivity contribution in [2.45, 2.75) is 19.8 Å². The molecule has 0 saturated carbocycles. The van der Waals surface area contributed by atoms with Gasteiger partial charge in [0.1, 0.15) is 5.70 Å². The summed E-state index contributed by atoms with van der Waals surface area (Å²) in [6, 6.07) is 8.11. The summed E-state index contributed by atoms with van der Waals surface area (Å²) >= 11 is 0. The lowest BCUT2D eigenvalue weighted by Gasteiger charge is -2.09. The number of benzene rings is 1. The van der Waals surface area contributed by atoms with E-state index in [1.165, 1.54) is 5.56 Å². The van der Waals surface area contributed by atoms with Crippen LogP contribution in [0.5, 0.6) is 0 Å². The number of nitrogens with zero attached hydrogens (tertiary/aromatic N) is 1. The van der Waals surface area contributed by atoms with Gasteiger partial charge in [-0.3, -0.25) is 15.5 Å². The maximum atomic E-state index is 11.6. The number of carbonyl (C=O) groups is 1. The van der Waals surface area contributed by atoms with Gasteiger partial charge in [-0.15, -0.1) is 0 Å². The van der Waals surface area contributed by atoms with Crippen LogP contribution in [0.1, 0.15) is 30.9 Å². The van der Waals surface area contributed by atoms with Crippen LogP contribution in [0, 0.1) is 5.41 Å². The average Bonchev–Trinajstić information content (AvgIpc) is 2.57. The standard InChI is InChI=1S/C14H17N3O/c1-9(2)11-6-4-10(5-7-11)8-12-13(18)16-14(15)17(12)3/h4-9H,1-3H3,(H2,15,16,18)/b12-8-. The lowest BCUT2D eigenvalue weighted by molar-refractivity contribution is -0.115. The van der Waals surface area contributed by atoms with E-state index in [0.29, 0.717) is 11.6 Å². The molecule has 4 nitrogen and oxygen atoms in total. The molecule has 0 atom stereocenters. The summed E-state index contributed by atoms with van der Waals surface area (Å²) in [6.45, 7) is 4.29. The fraction of sp³-hybridized carbons (Fsp3) is 0.286. The average molecular weight is 243 g/mol. The summed E-state index contributed by atoms with van der Waals surface area (Å²) in [5.41, 5.74) is 2.73. The van der Waals surface area contributed by atoms with Crippen molar-refractivity contribution in [3.8, 4) is 0 Å². The maximum absolute atomic E-state index is 11.6. The van der Waals surface area contributed by atoms with Crippen LogP contribution in [0.25, 0.3) is 6.08 Å². The number of amides is 1. The van der Waals surface area contributed by atoms with E-state index in [0.717, 1.165) is 5.56 Å². The molecule has 4 heteroatoms. The van der Waals surface area contributed by atoms with E-state index in [4.69, 9.17) is 5.41 Å². The molecule has 1 saturated heterocycles. The molecule has 0 aromatic heterocycles. The molecule has 18 heavy (non-hydrogen) atoms. The molecule has 1 aliphatic heterocycles. The van der Waals surface area contributed by atoms with Crippen molar-refractivity contribution in [1.29, 1.82) is 5.41 Å². The zero-order chi connectivity index (χ0) is 13.3. The van der Waals surface area contributed by atoms with Crippen LogP contribution < -0.4 is 5.32 Å². The van der Waals surface area contributed by atoms with Gasteiger partial charge in [-0.25, -0.2) is 0 Å². The topological polar surface area (TPSA) is 56.2 Å². The first-order valence-electron chi connectivity index (χ1n) is 5.94. The van der Waals surface area contributed by atoms with Crippen molar-refractivity contribution >= 4 is 17.9 Å². The van der Waals surface area contributed by atoms with Gasteiger partial charge in [-0.05, 0) is 23.1 Å². The third kappa shape index (κ3) is 2.27. The van der Waals surface area contributed by atoms with Gasteiger partial charge in [0.25, 0.3) is 5.91 Å². The smallest absolute Gasteiger partial charge is 0.274 e. The van der Waals surface area contributed by atoms with Crippen molar-refractivity contribution in [2.75, 3.05) is 7.05 Å². The number of likely N-dealkylation sites (N-methyl/N-ethyl adjacent to an activating group) is 1. The van der Waals surface area contributed by atoms with Gasteiger partial charge in [0.05, 0.1) is 0 Å². The molecule has 1 heterocycles. The van der Waals surface area contributed by atoms with E-state index < -0.39 is 0 Å². The molecular formula is C14H17N3O. The van der Waals surface area contributed by atoms with Gasteiger partial charge < -0.3 is 4.90 Å². The van der Waals surface area contributed by atoms with E-state index in [9.17, 15) is 4.79 Å². The first-order valence-corrected chi connectivity index (χ1v) is 5.94. The summed E-state index contributed by atoms with van der Waals surface area (Å²) in [5.74, 6) is 0.387. The number of hydrogen-bond acceptors (Lipinski definition) is 2. The molecule has 1 fully saturated rings. The van der Waals surface area contributed by atoms with E-state index in [1.54, 1.807) is 18.0 Å². The normalized spacial score (nSPS) is 17.8. The van der Waals surface area contributed by atoms with Crippen molar-refractivity contribution < 1.29 is 4.79 Å². The Bertz CT molecular complexity index is 514. The number of guanidine groups is 1. The number of carbonyl (C=O) groups excluding carboxylic acids is 1. The first-order chi connectivity index (χ1) is 8.49. The van der Waals surface area contributed by atoms with Gasteiger partial charge >= 0.3 is 0 Å². The lowest BCUT2D eigenvalue weighted by Crippen LogP contribution is -2.25. The fourth-order valence-electron chi connectivity index (χ4n) is 1.83. The van der Waals surface area contributed by atoms with E-state index in [1.807, 2.05) is 12.1 Å². The molecule has 0 aliphatic carbocycles. The molecule has 0 spiro atoms. The highest BCUT2D eigenvalue weighted by Crippen LogP contribution is 2.18. The highest BCUT2D eigenvalue weighted by Gasteiger charge is 2.26. The van der Waals surface area contributed by atoms with Crippen LogP contribution >= 0.6 is 0 Å². The Balaban J connectivity index is 2.28. The molecule has 1 aromatic carbocycles. The van der Waals surface area contributed by atoms with Crippen LogP contribution in [-0.2, 0) is 4.79 Å². The van der Waals surface area contributed by atoms with Gasteiger partial charge in [-0.2, -0.15) is 0 Å². The molecule has 1 amide bonds. The van der Waals surface area contributed by atoms with Crippen molar-refractivity contribution in [3.63, 3.8) is 0 Å². The quantitative estimate of drug-likeness (QED) is 0.782. The second-order valence-corrected chi connectivity index (χ2v) is 4.71. The highest BCUT2D eigenvalue weighted by atomic mass is 16.2. The minimum absolute atomic E-state index is 0.116. The predicted molar refractivity (Wildman–Crippen MR) is 72.1 cm³/mol. The summed E-state index contributed by atoms with van der Waals surface area (Å²) in [6.07, 6.45) is 1.79. The summed E-state index contributed by atoms with van der Waals surface area (Å²) in [4.78, 5) is 13.2. The Morgan fingerprint density at radius 3 is 2.33 bits per heavy atom. The maximum Gasteiger partial charge on any atom is 0.274 e. The van der Waals surface area contributed by atoms with Crippen LogP contribution in [0.4, 0.5) is 0 Å². The molecule has 94 valence electrons. The Hall–Kier alpha value is -2.10. The molecule has 0 radical (unpaired) electrons. The van der Waals surface area contributed by atoms with Crippen LogP contribution in [-0.4, -0.2) is 23.8 Å². The zero-order valence-corrected chi connectivity index (χ0v) is 10.8. The minimum atomic E-state index is -0.226. The van der Waals surface area contributed by atoms with E-state index >= 15 is 0 Å². The molecular weight excluding hydrogens is 226 g/mol.